The van der Waals surface area contributed by atoms with E-state index in [4.69, 9.17) is 19.7 Å². The van der Waals surface area contributed by atoms with Gasteiger partial charge in [0.1, 0.15) is 11.5 Å². The Morgan fingerprint density at radius 3 is 2.50 bits per heavy atom. The highest BCUT2D eigenvalue weighted by atomic mass is 16.5. The van der Waals surface area contributed by atoms with Crippen molar-refractivity contribution in [1.82, 2.24) is 5.16 Å². The van der Waals surface area contributed by atoms with Crippen LogP contribution in [-0.4, -0.2) is 19.4 Å². The van der Waals surface area contributed by atoms with E-state index in [0.717, 1.165) is 34.6 Å². The number of hydrogen-bond acceptors (Lipinski definition) is 5. The predicted molar refractivity (Wildman–Crippen MR) is 68.8 cm³/mol. The first-order valence-corrected chi connectivity index (χ1v) is 5.67. The van der Waals surface area contributed by atoms with Crippen LogP contribution in [-0.2, 0) is 6.42 Å². The summed E-state index contributed by atoms with van der Waals surface area (Å²) < 4.78 is 15.7. The molecular formula is C13H16N2O3. The molecule has 1 heterocycles. The van der Waals surface area contributed by atoms with E-state index in [0.29, 0.717) is 0 Å². The van der Waals surface area contributed by atoms with Crippen molar-refractivity contribution >= 4 is 5.88 Å². The van der Waals surface area contributed by atoms with Crippen molar-refractivity contribution in [1.29, 1.82) is 0 Å². The predicted octanol–water partition coefficient (Wildman–Crippen LogP) is 2.50. The second kappa shape index (κ2) is 5.00. The Balaban J connectivity index is 2.66. The molecule has 0 fully saturated rings. The van der Waals surface area contributed by atoms with E-state index in [1.807, 2.05) is 19.1 Å². The van der Waals surface area contributed by atoms with Crippen molar-refractivity contribution in [2.45, 2.75) is 13.3 Å². The lowest BCUT2D eigenvalue weighted by atomic mass is 10.0. The molecule has 5 heteroatoms. The smallest absolute Gasteiger partial charge is 0.230 e. The number of anilines is 1. The molecule has 0 saturated carbocycles. The molecule has 0 unspecified atom stereocenters. The molecule has 0 amide bonds. The van der Waals surface area contributed by atoms with Crippen molar-refractivity contribution in [2.75, 3.05) is 20.0 Å². The molecule has 2 N–H and O–H groups in total. The Hall–Kier alpha value is -2.17. The Kier molecular flexibility index (Phi) is 3.41. The molecule has 0 spiro atoms. The molecule has 0 aliphatic rings. The van der Waals surface area contributed by atoms with Gasteiger partial charge in [-0.3, -0.25) is 0 Å². The maximum absolute atomic E-state index is 5.74. The molecule has 1 aromatic carbocycles. The van der Waals surface area contributed by atoms with E-state index in [1.165, 1.54) is 0 Å². The van der Waals surface area contributed by atoms with Gasteiger partial charge in [0.05, 0.1) is 26.0 Å². The summed E-state index contributed by atoms with van der Waals surface area (Å²) in [5.74, 6) is 1.82. The Bertz CT molecular complexity index is 549. The number of rotatable bonds is 4. The topological polar surface area (TPSA) is 70.5 Å². The zero-order chi connectivity index (χ0) is 13.1. The molecule has 2 rings (SSSR count). The number of hydrogen-bond donors (Lipinski definition) is 1. The van der Waals surface area contributed by atoms with Crippen LogP contribution in [0.15, 0.2) is 22.9 Å². The highest BCUT2D eigenvalue weighted by Gasteiger charge is 2.18. The number of aromatic nitrogens is 1. The monoisotopic (exact) mass is 248 g/mol. The van der Waals surface area contributed by atoms with Crippen LogP contribution >= 0.6 is 0 Å². The third-order valence-electron chi connectivity index (χ3n) is 2.88. The second-order valence-corrected chi connectivity index (χ2v) is 3.78. The second-order valence-electron chi connectivity index (χ2n) is 3.78. The van der Waals surface area contributed by atoms with Gasteiger partial charge in [-0.15, -0.1) is 0 Å². The van der Waals surface area contributed by atoms with E-state index in [1.54, 1.807) is 20.4 Å². The lowest BCUT2D eigenvalue weighted by Crippen LogP contribution is -1.98. The first-order chi connectivity index (χ1) is 8.72. The van der Waals surface area contributed by atoms with Gasteiger partial charge in [0, 0.05) is 11.1 Å². The molecule has 0 aliphatic carbocycles. The van der Waals surface area contributed by atoms with E-state index in [9.17, 15) is 0 Å². The van der Waals surface area contributed by atoms with E-state index >= 15 is 0 Å². The number of nitrogens with two attached hydrogens (primary N) is 1. The lowest BCUT2D eigenvalue weighted by molar-refractivity contribution is 0.387. The van der Waals surface area contributed by atoms with Gasteiger partial charge in [-0.25, -0.2) is 0 Å². The molecule has 0 aliphatic heterocycles. The van der Waals surface area contributed by atoms with Gasteiger partial charge in [-0.1, -0.05) is 12.1 Å². The summed E-state index contributed by atoms with van der Waals surface area (Å²) in [6, 6.07) is 3.78. The third kappa shape index (κ3) is 1.88. The van der Waals surface area contributed by atoms with Gasteiger partial charge in [0.25, 0.3) is 0 Å². The Labute approximate surface area is 105 Å². The third-order valence-corrected chi connectivity index (χ3v) is 2.88. The molecule has 0 atom stereocenters. The minimum Gasteiger partial charge on any atom is -0.496 e. The molecule has 18 heavy (non-hydrogen) atoms. The number of nitrogen functional groups attached to an aromatic ring is 1. The fourth-order valence-electron chi connectivity index (χ4n) is 2.03. The summed E-state index contributed by atoms with van der Waals surface area (Å²) in [6.07, 6.45) is 2.38. The average molecular weight is 248 g/mol. The Morgan fingerprint density at radius 1 is 1.22 bits per heavy atom. The van der Waals surface area contributed by atoms with Crippen LogP contribution in [0.1, 0.15) is 12.5 Å². The van der Waals surface area contributed by atoms with Crippen molar-refractivity contribution in [3.05, 3.63) is 23.9 Å². The number of ether oxygens (including phenoxy) is 2. The van der Waals surface area contributed by atoms with Crippen LogP contribution in [0.3, 0.4) is 0 Å². The van der Waals surface area contributed by atoms with Crippen molar-refractivity contribution in [3.8, 4) is 22.6 Å². The van der Waals surface area contributed by atoms with E-state index in [2.05, 4.69) is 5.16 Å². The molecular weight excluding hydrogens is 232 g/mol. The van der Waals surface area contributed by atoms with Crippen molar-refractivity contribution in [2.24, 2.45) is 0 Å². The summed E-state index contributed by atoms with van der Waals surface area (Å²) in [4.78, 5) is 0. The fraction of sp³-hybridized carbons (Fsp3) is 0.308. The number of methoxy groups -OCH3 is 2. The largest absolute Gasteiger partial charge is 0.496 e. The molecule has 2 aromatic rings. The molecule has 0 saturated heterocycles. The normalized spacial score (nSPS) is 10.4. The summed E-state index contributed by atoms with van der Waals surface area (Å²) in [5, 5.41) is 3.68. The first-order valence-electron chi connectivity index (χ1n) is 5.67. The summed E-state index contributed by atoms with van der Waals surface area (Å²) in [6.45, 7) is 2.04. The molecule has 1 aromatic heterocycles. The van der Waals surface area contributed by atoms with Gasteiger partial charge in [0.15, 0.2) is 0 Å². The minimum atomic E-state index is 0.278. The summed E-state index contributed by atoms with van der Waals surface area (Å²) in [7, 11) is 3.27. The van der Waals surface area contributed by atoms with E-state index in [-0.39, 0.29) is 5.88 Å². The zero-order valence-electron chi connectivity index (χ0n) is 10.7. The van der Waals surface area contributed by atoms with Gasteiger partial charge in [-0.2, -0.15) is 0 Å². The number of benzene rings is 1. The van der Waals surface area contributed by atoms with Crippen LogP contribution in [0.5, 0.6) is 11.5 Å². The van der Waals surface area contributed by atoms with Gasteiger partial charge in [0.2, 0.25) is 5.88 Å². The van der Waals surface area contributed by atoms with Crippen LogP contribution in [0, 0.1) is 0 Å². The van der Waals surface area contributed by atoms with Gasteiger partial charge >= 0.3 is 0 Å². The zero-order valence-corrected chi connectivity index (χ0v) is 10.7. The van der Waals surface area contributed by atoms with Gasteiger partial charge in [-0.05, 0) is 18.6 Å². The van der Waals surface area contributed by atoms with Crippen LogP contribution in [0.4, 0.5) is 5.88 Å². The molecule has 5 nitrogen and oxygen atoms in total. The first kappa shape index (κ1) is 12.3. The highest BCUT2D eigenvalue weighted by molar-refractivity contribution is 5.79. The maximum Gasteiger partial charge on any atom is 0.230 e. The van der Waals surface area contributed by atoms with Gasteiger partial charge < -0.3 is 19.7 Å². The van der Waals surface area contributed by atoms with Crippen molar-refractivity contribution < 1.29 is 14.0 Å². The van der Waals surface area contributed by atoms with Crippen LogP contribution in [0.2, 0.25) is 0 Å². The van der Waals surface area contributed by atoms with Crippen LogP contribution in [0.25, 0.3) is 11.1 Å². The summed E-state index contributed by atoms with van der Waals surface area (Å²) in [5.41, 5.74) is 8.32. The van der Waals surface area contributed by atoms with Crippen molar-refractivity contribution in [3.63, 3.8) is 0 Å². The maximum atomic E-state index is 5.74. The lowest BCUT2D eigenvalue weighted by Gasteiger charge is -2.15. The summed E-state index contributed by atoms with van der Waals surface area (Å²) >= 11 is 0. The molecule has 0 bridgehead atoms. The highest BCUT2D eigenvalue weighted by Crippen LogP contribution is 2.40. The van der Waals surface area contributed by atoms with E-state index < -0.39 is 0 Å². The average Bonchev–Trinajstić information content (AvgIpc) is 2.82. The SMILES string of the molecule is CCc1c(OC)ccc(-c2cnoc2N)c1OC. The molecule has 96 valence electrons. The fourth-order valence-corrected chi connectivity index (χ4v) is 2.03. The number of nitrogens with zero attached hydrogens (tertiary/aromatic N) is 1. The standard InChI is InChI=1S/C13H16N2O3/c1-4-8-11(16-2)6-5-9(12(8)17-3)10-7-15-18-13(10)14/h5-7H,4,14H2,1-3H3. The Morgan fingerprint density at radius 2 is 2.00 bits per heavy atom. The quantitative estimate of drug-likeness (QED) is 0.900. The molecule has 0 radical (unpaired) electrons. The minimum absolute atomic E-state index is 0.278. The van der Waals surface area contributed by atoms with Crippen LogP contribution < -0.4 is 15.2 Å².